The molecule has 1 aromatic rings. The molecule has 1 saturated carbocycles. The predicted octanol–water partition coefficient (Wildman–Crippen LogP) is 2.91. The van der Waals surface area contributed by atoms with Crippen LogP contribution in [0, 0.1) is 19.8 Å². The third kappa shape index (κ3) is 1.55. The first-order valence-corrected chi connectivity index (χ1v) is 4.90. The number of hydrogen-bond donors (Lipinski definition) is 0. The number of nitrogens with zero attached hydrogens (tertiary/aromatic N) is 1. The topological polar surface area (TPSA) is 4.93 Å². The van der Waals surface area contributed by atoms with Gasteiger partial charge in [-0.15, -0.1) is 0 Å². The summed E-state index contributed by atoms with van der Waals surface area (Å²) in [6.07, 6.45) is 4.33. The van der Waals surface area contributed by atoms with Gasteiger partial charge in [0, 0.05) is 17.9 Å². The Hall–Kier alpha value is -0.720. The second-order valence-corrected chi connectivity index (χ2v) is 4.00. The molecule has 0 amide bonds. The van der Waals surface area contributed by atoms with Gasteiger partial charge in [-0.1, -0.05) is 12.8 Å². The number of aromatic nitrogens is 1. The molecular weight excluding hydrogens is 146 g/mol. The zero-order valence-electron chi connectivity index (χ0n) is 8.01. The molecular formula is C11H17N. The van der Waals surface area contributed by atoms with Gasteiger partial charge < -0.3 is 4.57 Å². The van der Waals surface area contributed by atoms with Crippen molar-refractivity contribution in [1.82, 2.24) is 4.57 Å². The van der Waals surface area contributed by atoms with Crippen molar-refractivity contribution in [3.05, 3.63) is 23.5 Å². The quantitative estimate of drug-likeness (QED) is 0.645. The van der Waals surface area contributed by atoms with Gasteiger partial charge in [-0.2, -0.15) is 0 Å². The molecule has 1 heterocycles. The smallest absolute Gasteiger partial charge is 0.0227 e. The highest BCUT2D eigenvalue weighted by atomic mass is 15.0. The molecule has 12 heavy (non-hydrogen) atoms. The van der Waals surface area contributed by atoms with Crippen molar-refractivity contribution in [2.75, 3.05) is 0 Å². The number of aryl methyl sites for hydroxylation is 2. The van der Waals surface area contributed by atoms with E-state index in [4.69, 9.17) is 0 Å². The molecule has 1 aliphatic carbocycles. The minimum Gasteiger partial charge on any atom is -0.349 e. The second-order valence-electron chi connectivity index (χ2n) is 4.00. The molecule has 1 fully saturated rings. The highest BCUT2D eigenvalue weighted by Gasteiger charge is 2.20. The molecule has 1 nitrogen and oxygen atoms in total. The molecule has 1 heteroatoms. The van der Waals surface area contributed by atoms with Crippen LogP contribution in [0.4, 0.5) is 0 Å². The van der Waals surface area contributed by atoms with Gasteiger partial charge in [-0.25, -0.2) is 0 Å². The standard InChI is InChI=1S/C11H17N/c1-9-3-4-10(2)12(9)8-7-11-5-6-11/h3-4,11H,5-8H2,1-2H3. The van der Waals surface area contributed by atoms with Crippen molar-refractivity contribution >= 4 is 0 Å². The summed E-state index contributed by atoms with van der Waals surface area (Å²) in [4.78, 5) is 0. The van der Waals surface area contributed by atoms with Crippen LogP contribution in [0.5, 0.6) is 0 Å². The van der Waals surface area contributed by atoms with Crippen molar-refractivity contribution in [1.29, 1.82) is 0 Å². The van der Waals surface area contributed by atoms with Crippen LogP contribution in [-0.2, 0) is 6.54 Å². The maximum absolute atomic E-state index is 2.43. The lowest BCUT2D eigenvalue weighted by molar-refractivity contribution is 0.579. The fraction of sp³-hybridized carbons (Fsp3) is 0.636. The van der Waals surface area contributed by atoms with Crippen molar-refractivity contribution < 1.29 is 0 Å². The SMILES string of the molecule is Cc1ccc(C)n1CCC1CC1. The van der Waals surface area contributed by atoms with Gasteiger partial charge in [-0.3, -0.25) is 0 Å². The Bertz CT molecular complexity index is 249. The summed E-state index contributed by atoms with van der Waals surface area (Å²) >= 11 is 0. The van der Waals surface area contributed by atoms with E-state index in [1.165, 1.54) is 37.2 Å². The van der Waals surface area contributed by atoms with Gasteiger partial charge in [-0.05, 0) is 38.3 Å². The molecule has 0 aliphatic heterocycles. The Morgan fingerprint density at radius 2 is 1.83 bits per heavy atom. The Morgan fingerprint density at radius 1 is 1.25 bits per heavy atom. The lowest BCUT2D eigenvalue weighted by Crippen LogP contribution is -2.02. The van der Waals surface area contributed by atoms with Crippen LogP contribution in [0.3, 0.4) is 0 Å². The van der Waals surface area contributed by atoms with E-state index in [9.17, 15) is 0 Å². The highest BCUT2D eigenvalue weighted by Crippen LogP contribution is 2.33. The van der Waals surface area contributed by atoms with E-state index in [-0.39, 0.29) is 0 Å². The van der Waals surface area contributed by atoms with Crippen LogP contribution in [0.2, 0.25) is 0 Å². The lowest BCUT2D eigenvalue weighted by Gasteiger charge is -2.07. The minimum absolute atomic E-state index is 1.05. The molecule has 0 aromatic carbocycles. The first kappa shape index (κ1) is 7.90. The van der Waals surface area contributed by atoms with Gasteiger partial charge in [0.25, 0.3) is 0 Å². The maximum Gasteiger partial charge on any atom is 0.0227 e. The van der Waals surface area contributed by atoms with Crippen LogP contribution < -0.4 is 0 Å². The summed E-state index contributed by atoms with van der Waals surface area (Å²) in [5.74, 6) is 1.05. The average molecular weight is 163 g/mol. The summed E-state index contributed by atoms with van der Waals surface area (Å²) in [6.45, 7) is 5.62. The fourth-order valence-corrected chi connectivity index (χ4v) is 1.77. The van der Waals surface area contributed by atoms with Gasteiger partial charge in [0.1, 0.15) is 0 Å². The van der Waals surface area contributed by atoms with E-state index in [2.05, 4.69) is 30.5 Å². The highest BCUT2D eigenvalue weighted by molar-refractivity contribution is 5.13. The van der Waals surface area contributed by atoms with E-state index < -0.39 is 0 Å². The van der Waals surface area contributed by atoms with E-state index in [1.54, 1.807) is 0 Å². The fourth-order valence-electron chi connectivity index (χ4n) is 1.77. The van der Waals surface area contributed by atoms with Crippen molar-refractivity contribution in [2.45, 2.75) is 39.7 Å². The molecule has 0 bridgehead atoms. The molecule has 0 unspecified atom stereocenters. The summed E-state index contributed by atoms with van der Waals surface area (Å²) in [5, 5.41) is 0. The zero-order chi connectivity index (χ0) is 8.55. The summed E-state index contributed by atoms with van der Waals surface area (Å²) in [7, 11) is 0. The Morgan fingerprint density at radius 3 is 2.33 bits per heavy atom. The van der Waals surface area contributed by atoms with Crippen molar-refractivity contribution in [2.24, 2.45) is 5.92 Å². The largest absolute Gasteiger partial charge is 0.349 e. The Labute approximate surface area is 74.4 Å². The Balaban J connectivity index is 1.99. The van der Waals surface area contributed by atoms with Gasteiger partial charge in [0.2, 0.25) is 0 Å². The van der Waals surface area contributed by atoms with Crippen LogP contribution in [0.15, 0.2) is 12.1 Å². The zero-order valence-corrected chi connectivity index (χ0v) is 8.01. The van der Waals surface area contributed by atoms with Crippen molar-refractivity contribution in [3.63, 3.8) is 0 Å². The molecule has 1 aromatic heterocycles. The summed E-state index contributed by atoms with van der Waals surface area (Å²) in [5.41, 5.74) is 2.82. The molecule has 0 radical (unpaired) electrons. The van der Waals surface area contributed by atoms with Crippen molar-refractivity contribution in [3.8, 4) is 0 Å². The Kier molecular flexibility index (Phi) is 1.95. The molecule has 0 N–H and O–H groups in total. The van der Waals surface area contributed by atoms with Gasteiger partial charge in [0.15, 0.2) is 0 Å². The average Bonchev–Trinajstić information content (AvgIpc) is 2.80. The number of rotatable bonds is 3. The maximum atomic E-state index is 2.43. The lowest BCUT2D eigenvalue weighted by atomic mass is 10.3. The molecule has 0 spiro atoms. The third-order valence-electron chi connectivity index (χ3n) is 2.88. The van der Waals surface area contributed by atoms with Crippen LogP contribution in [-0.4, -0.2) is 4.57 Å². The minimum atomic E-state index is 1.05. The molecule has 66 valence electrons. The molecule has 0 atom stereocenters. The normalized spacial score (nSPS) is 16.8. The van der Waals surface area contributed by atoms with E-state index in [0.29, 0.717) is 0 Å². The van der Waals surface area contributed by atoms with E-state index in [1.807, 2.05) is 0 Å². The summed E-state index contributed by atoms with van der Waals surface area (Å²) in [6, 6.07) is 4.42. The van der Waals surface area contributed by atoms with Crippen LogP contribution in [0.25, 0.3) is 0 Å². The summed E-state index contributed by atoms with van der Waals surface area (Å²) < 4.78 is 2.43. The first-order chi connectivity index (χ1) is 5.77. The second kappa shape index (κ2) is 2.96. The predicted molar refractivity (Wildman–Crippen MR) is 51.2 cm³/mol. The van der Waals surface area contributed by atoms with Crippen LogP contribution in [0.1, 0.15) is 30.7 Å². The van der Waals surface area contributed by atoms with Gasteiger partial charge >= 0.3 is 0 Å². The molecule has 2 rings (SSSR count). The number of hydrogen-bond acceptors (Lipinski definition) is 0. The molecule has 0 saturated heterocycles. The van der Waals surface area contributed by atoms with E-state index in [0.717, 1.165) is 5.92 Å². The monoisotopic (exact) mass is 163 g/mol. The van der Waals surface area contributed by atoms with Crippen LogP contribution >= 0.6 is 0 Å². The molecule has 1 aliphatic rings. The first-order valence-electron chi connectivity index (χ1n) is 4.90. The van der Waals surface area contributed by atoms with Gasteiger partial charge in [0.05, 0.1) is 0 Å². The van der Waals surface area contributed by atoms with E-state index >= 15 is 0 Å². The third-order valence-corrected chi connectivity index (χ3v) is 2.88.